The van der Waals surface area contributed by atoms with E-state index >= 15 is 0 Å². The summed E-state index contributed by atoms with van der Waals surface area (Å²) in [6.07, 6.45) is 5.49. The van der Waals surface area contributed by atoms with E-state index in [4.69, 9.17) is 4.42 Å². The molecule has 4 nitrogen and oxygen atoms in total. The molecule has 0 bridgehead atoms. The number of rotatable bonds is 3. The summed E-state index contributed by atoms with van der Waals surface area (Å²) >= 11 is 0. The number of aliphatic hydroxyl groups is 1. The average molecular weight is 252 g/mol. The van der Waals surface area contributed by atoms with E-state index in [0.717, 1.165) is 16.9 Å². The first-order chi connectivity index (χ1) is 9.36. The summed E-state index contributed by atoms with van der Waals surface area (Å²) in [4.78, 5) is 7.86. The molecule has 0 aliphatic rings. The van der Waals surface area contributed by atoms with Crippen molar-refractivity contribution in [3.05, 3.63) is 72.5 Å². The van der Waals surface area contributed by atoms with Crippen molar-refractivity contribution in [2.24, 2.45) is 0 Å². The Hall–Kier alpha value is -2.46. The van der Waals surface area contributed by atoms with E-state index in [1.807, 2.05) is 36.4 Å². The topological polar surface area (TPSA) is 59.2 Å². The minimum Gasteiger partial charge on any atom is -0.464 e. The highest BCUT2D eigenvalue weighted by Crippen LogP contribution is 2.31. The maximum absolute atomic E-state index is 10.4. The van der Waals surface area contributed by atoms with Gasteiger partial charge in [0.2, 0.25) is 0 Å². The summed E-state index contributed by atoms with van der Waals surface area (Å²) in [7, 11) is 0. The number of aromatic nitrogens is 2. The summed E-state index contributed by atoms with van der Waals surface area (Å²) in [6.45, 7) is 0. The molecule has 2 aromatic heterocycles. The number of nitrogens with zero attached hydrogens (tertiary/aromatic N) is 2. The van der Waals surface area contributed by atoms with Gasteiger partial charge < -0.3 is 9.52 Å². The first-order valence-corrected chi connectivity index (χ1v) is 5.92. The van der Waals surface area contributed by atoms with Crippen molar-refractivity contribution in [3.8, 4) is 11.3 Å². The van der Waals surface area contributed by atoms with Crippen LogP contribution in [0.15, 0.2) is 65.8 Å². The molecule has 1 N–H and O–H groups in total. The van der Waals surface area contributed by atoms with E-state index in [9.17, 15) is 5.11 Å². The van der Waals surface area contributed by atoms with Gasteiger partial charge in [0.15, 0.2) is 0 Å². The molecule has 0 saturated carbocycles. The second-order valence-electron chi connectivity index (χ2n) is 4.14. The minimum absolute atomic E-state index is 0.654. The predicted octanol–water partition coefficient (Wildman–Crippen LogP) is 2.82. The third-order valence-electron chi connectivity index (χ3n) is 2.94. The molecule has 94 valence electrons. The summed E-state index contributed by atoms with van der Waals surface area (Å²) in [6, 6.07) is 11.3. The van der Waals surface area contributed by atoms with Gasteiger partial charge in [-0.15, -0.1) is 0 Å². The lowest BCUT2D eigenvalue weighted by molar-refractivity contribution is 0.219. The lowest BCUT2D eigenvalue weighted by atomic mass is 9.97. The first-order valence-electron chi connectivity index (χ1n) is 5.92. The zero-order valence-electron chi connectivity index (χ0n) is 10.1. The van der Waals surface area contributed by atoms with Crippen LogP contribution in [0, 0.1) is 0 Å². The molecule has 1 atom stereocenters. The second-order valence-corrected chi connectivity index (χ2v) is 4.14. The van der Waals surface area contributed by atoms with Crippen LogP contribution in [0.25, 0.3) is 11.3 Å². The van der Waals surface area contributed by atoms with Crippen LogP contribution in [0.2, 0.25) is 0 Å². The number of hydrogen-bond donors (Lipinski definition) is 1. The highest BCUT2D eigenvalue weighted by atomic mass is 16.3. The summed E-state index contributed by atoms with van der Waals surface area (Å²) in [5.74, 6) is 0.728. The third kappa shape index (κ3) is 2.26. The SMILES string of the molecule is OC(c1cncnc1)c1ccccc1-c1ccco1. The van der Waals surface area contributed by atoms with Crippen molar-refractivity contribution in [3.63, 3.8) is 0 Å². The number of benzene rings is 1. The maximum atomic E-state index is 10.4. The van der Waals surface area contributed by atoms with Crippen LogP contribution in [-0.2, 0) is 0 Å². The Kier molecular flexibility index (Phi) is 3.08. The fourth-order valence-electron chi connectivity index (χ4n) is 2.02. The molecule has 0 aliphatic carbocycles. The van der Waals surface area contributed by atoms with Crippen LogP contribution in [0.3, 0.4) is 0 Å². The van der Waals surface area contributed by atoms with Crippen LogP contribution < -0.4 is 0 Å². The molecule has 0 saturated heterocycles. The summed E-state index contributed by atoms with van der Waals surface area (Å²) < 4.78 is 5.40. The van der Waals surface area contributed by atoms with Crippen molar-refractivity contribution >= 4 is 0 Å². The van der Waals surface area contributed by atoms with Gasteiger partial charge in [0.1, 0.15) is 18.2 Å². The zero-order valence-corrected chi connectivity index (χ0v) is 10.1. The molecule has 4 heteroatoms. The van der Waals surface area contributed by atoms with E-state index in [-0.39, 0.29) is 0 Å². The Morgan fingerprint density at radius 3 is 2.53 bits per heavy atom. The van der Waals surface area contributed by atoms with E-state index < -0.39 is 6.10 Å². The second kappa shape index (κ2) is 5.04. The van der Waals surface area contributed by atoms with E-state index in [0.29, 0.717) is 5.56 Å². The van der Waals surface area contributed by atoms with Gasteiger partial charge in [0.05, 0.1) is 6.26 Å². The molecule has 19 heavy (non-hydrogen) atoms. The van der Waals surface area contributed by atoms with Crippen LogP contribution in [0.4, 0.5) is 0 Å². The van der Waals surface area contributed by atoms with Crippen LogP contribution in [-0.4, -0.2) is 15.1 Å². The molecule has 0 aliphatic heterocycles. The van der Waals surface area contributed by atoms with Crippen LogP contribution in [0.1, 0.15) is 17.2 Å². The fraction of sp³-hybridized carbons (Fsp3) is 0.0667. The molecule has 3 aromatic rings. The fourth-order valence-corrected chi connectivity index (χ4v) is 2.02. The highest BCUT2D eigenvalue weighted by Gasteiger charge is 2.16. The van der Waals surface area contributed by atoms with Gasteiger partial charge in [0, 0.05) is 23.5 Å². The van der Waals surface area contributed by atoms with Crippen molar-refractivity contribution in [2.75, 3.05) is 0 Å². The number of aliphatic hydroxyl groups excluding tert-OH is 1. The molecule has 0 fully saturated rings. The lowest BCUT2D eigenvalue weighted by Crippen LogP contribution is -2.02. The Morgan fingerprint density at radius 2 is 1.79 bits per heavy atom. The minimum atomic E-state index is -0.775. The van der Waals surface area contributed by atoms with Crippen molar-refractivity contribution < 1.29 is 9.52 Å². The quantitative estimate of drug-likeness (QED) is 0.778. The molecular weight excluding hydrogens is 240 g/mol. The number of hydrogen-bond acceptors (Lipinski definition) is 4. The maximum Gasteiger partial charge on any atom is 0.134 e. The largest absolute Gasteiger partial charge is 0.464 e. The highest BCUT2D eigenvalue weighted by molar-refractivity contribution is 5.63. The normalized spacial score (nSPS) is 12.3. The molecule has 1 aromatic carbocycles. The van der Waals surface area contributed by atoms with Gasteiger partial charge in [0.25, 0.3) is 0 Å². The van der Waals surface area contributed by atoms with E-state index in [1.54, 1.807) is 18.7 Å². The Morgan fingerprint density at radius 1 is 1.00 bits per heavy atom. The monoisotopic (exact) mass is 252 g/mol. The van der Waals surface area contributed by atoms with E-state index in [2.05, 4.69) is 9.97 Å². The van der Waals surface area contributed by atoms with Gasteiger partial charge in [-0.25, -0.2) is 9.97 Å². The van der Waals surface area contributed by atoms with Crippen molar-refractivity contribution in [1.82, 2.24) is 9.97 Å². The molecule has 0 radical (unpaired) electrons. The predicted molar refractivity (Wildman–Crippen MR) is 70.2 cm³/mol. The molecule has 0 spiro atoms. The molecule has 1 unspecified atom stereocenters. The molecule has 0 amide bonds. The Labute approximate surface area is 110 Å². The Bertz CT molecular complexity index is 651. The standard InChI is InChI=1S/C15H12N2O2/c18-15(11-8-16-10-17-9-11)13-5-2-1-4-12(13)14-6-3-7-19-14/h1-10,15,18H. The van der Waals surface area contributed by atoms with Crippen molar-refractivity contribution in [1.29, 1.82) is 0 Å². The Balaban J connectivity index is 2.06. The van der Waals surface area contributed by atoms with Gasteiger partial charge in [-0.3, -0.25) is 0 Å². The molecule has 2 heterocycles. The van der Waals surface area contributed by atoms with E-state index in [1.165, 1.54) is 6.33 Å². The summed E-state index contributed by atoms with van der Waals surface area (Å²) in [5.41, 5.74) is 2.29. The van der Waals surface area contributed by atoms with Gasteiger partial charge in [-0.05, 0) is 17.7 Å². The van der Waals surface area contributed by atoms with Gasteiger partial charge in [-0.1, -0.05) is 24.3 Å². The molecule has 3 rings (SSSR count). The summed E-state index contributed by atoms with van der Waals surface area (Å²) in [5, 5.41) is 10.4. The molecular formula is C15H12N2O2. The third-order valence-corrected chi connectivity index (χ3v) is 2.94. The smallest absolute Gasteiger partial charge is 0.134 e. The average Bonchev–Trinajstić information content (AvgIpc) is 3.01. The van der Waals surface area contributed by atoms with Gasteiger partial charge >= 0.3 is 0 Å². The van der Waals surface area contributed by atoms with Crippen molar-refractivity contribution in [2.45, 2.75) is 6.10 Å². The van der Waals surface area contributed by atoms with Crippen LogP contribution >= 0.6 is 0 Å². The lowest BCUT2D eigenvalue weighted by Gasteiger charge is -2.14. The number of furan rings is 1. The van der Waals surface area contributed by atoms with Crippen LogP contribution in [0.5, 0.6) is 0 Å². The zero-order chi connectivity index (χ0) is 13.1. The van der Waals surface area contributed by atoms with Gasteiger partial charge in [-0.2, -0.15) is 0 Å². The first kappa shape index (κ1) is 11.6.